The van der Waals surface area contributed by atoms with E-state index in [1.807, 2.05) is 0 Å². The highest BCUT2D eigenvalue weighted by Crippen LogP contribution is 1.79. The lowest BCUT2D eigenvalue weighted by molar-refractivity contribution is 0.427. The van der Waals surface area contributed by atoms with Gasteiger partial charge < -0.3 is 6.15 Å². The fourth-order valence-corrected chi connectivity index (χ4v) is 0.448. The summed E-state index contributed by atoms with van der Waals surface area (Å²) in [6, 6.07) is 0. The Kier molecular flexibility index (Phi) is 7.26. The van der Waals surface area contributed by atoms with E-state index in [2.05, 4.69) is 3.63 Å². The monoisotopic (exact) mass is 163 g/mol. The summed E-state index contributed by atoms with van der Waals surface area (Å²) in [6.45, 7) is 0. The molecule has 8 heavy (non-hydrogen) atoms. The van der Waals surface area contributed by atoms with Crippen molar-refractivity contribution in [2.45, 2.75) is 0 Å². The van der Waals surface area contributed by atoms with Crippen molar-refractivity contribution in [3.63, 3.8) is 0 Å². The van der Waals surface area contributed by atoms with Crippen LogP contribution < -0.4 is 6.15 Å². The second-order valence-electron chi connectivity index (χ2n) is 0.502. The quantitative estimate of drug-likeness (QED) is 0.469. The Morgan fingerprint density at radius 2 is 1.38 bits per heavy atom. The average molecular weight is 163 g/mol. The minimum absolute atomic E-state index is 0. The predicted octanol–water partition coefficient (Wildman–Crippen LogP) is -0.562. The van der Waals surface area contributed by atoms with Gasteiger partial charge in [0.25, 0.3) is 0 Å². The van der Waals surface area contributed by atoms with Crippen molar-refractivity contribution in [3.05, 3.63) is 0 Å². The molecule has 0 radical (unpaired) electrons. The first-order valence-electron chi connectivity index (χ1n) is 1.03. The maximum atomic E-state index is 9.35. The van der Waals surface area contributed by atoms with E-state index < -0.39 is 22.7 Å². The Morgan fingerprint density at radius 1 is 1.12 bits per heavy atom. The molecule has 0 aromatic carbocycles. The van der Waals surface area contributed by atoms with Crippen molar-refractivity contribution >= 4 is 22.7 Å². The molecule has 0 aliphatic rings. The van der Waals surface area contributed by atoms with E-state index in [0.717, 1.165) is 0 Å². The smallest absolute Gasteiger partial charge is 0.317 e. The highest BCUT2D eigenvalue weighted by Gasteiger charge is 1.95. The maximum absolute atomic E-state index is 9.35. The molecule has 0 heterocycles. The van der Waals surface area contributed by atoms with Crippen LogP contribution in [0.15, 0.2) is 0 Å². The predicted molar refractivity (Wildman–Crippen MR) is 27.6 cm³/mol. The first-order chi connectivity index (χ1) is 3.13. The standard InChI is InChI=1S/H3N.H2O5S2/c;1-6(2)5-7(3)4/h1H3;(H,1,2)(H,3,4). The molecule has 6 nitrogen and oxygen atoms in total. The van der Waals surface area contributed by atoms with E-state index in [4.69, 9.17) is 9.11 Å². The van der Waals surface area contributed by atoms with Crippen molar-refractivity contribution in [2.75, 3.05) is 0 Å². The van der Waals surface area contributed by atoms with Gasteiger partial charge in [0.15, 0.2) is 0 Å². The van der Waals surface area contributed by atoms with Gasteiger partial charge in [0.2, 0.25) is 0 Å². The van der Waals surface area contributed by atoms with Gasteiger partial charge in [-0.2, -0.15) is 8.42 Å². The summed E-state index contributed by atoms with van der Waals surface area (Å²) in [5.41, 5.74) is 0. The van der Waals surface area contributed by atoms with Gasteiger partial charge in [-0.25, -0.2) is 0 Å². The molecule has 0 unspecified atom stereocenters. The largest absolute Gasteiger partial charge is 0.344 e. The Morgan fingerprint density at radius 3 is 1.38 bits per heavy atom. The van der Waals surface area contributed by atoms with Crippen LogP contribution in [0.4, 0.5) is 0 Å². The first-order valence-corrected chi connectivity index (χ1v) is 3.10. The summed E-state index contributed by atoms with van der Waals surface area (Å²) in [5, 5.41) is 0. The summed E-state index contributed by atoms with van der Waals surface area (Å²) in [4.78, 5) is 0. The highest BCUT2D eigenvalue weighted by molar-refractivity contribution is 7.87. The Hall–Kier alpha value is 0.140. The first kappa shape index (κ1) is 11.0. The van der Waals surface area contributed by atoms with Crippen molar-refractivity contribution < 1.29 is 21.2 Å². The highest BCUT2D eigenvalue weighted by atomic mass is 32.3. The molecule has 0 fully saturated rings. The number of hydrogen-bond acceptors (Lipinski definition) is 4. The van der Waals surface area contributed by atoms with Gasteiger partial charge in [0.05, 0.1) is 0 Å². The van der Waals surface area contributed by atoms with Crippen LogP contribution >= 0.6 is 0 Å². The minimum Gasteiger partial charge on any atom is -0.344 e. The molecule has 0 aliphatic heterocycles. The van der Waals surface area contributed by atoms with Gasteiger partial charge >= 0.3 is 22.7 Å². The zero-order valence-electron chi connectivity index (χ0n) is 3.64. The van der Waals surface area contributed by atoms with Crippen LogP contribution in [0.2, 0.25) is 0 Å². The Bertz CT molecular complexity index is 86.6. The Labute approximate surface area is 50.8 Å². The third-order valence-electron chi connectivity index (χ3n) is 0.116. The third kappa shape index (κ3) is 9.46. The van der Waals surface area contributed by atoms with Gasteiger partial charge in [-0.05, 0) is 0 Å². The van der Waals surface area contributed by atoms with E-state index >= 15 is 0 Å². The minimum atomic E-state index is -2.65. The molecule has 0 saturated heterocycles. The molecular weight excluding hydrogens is 158 g/mol. The van der Waals surface area contributed by atoms with E-state index in [1.165, 1.54) is 0 Å². The molecular formula is H5NO5S2. The third-order valence-corrected chi connectivity index (χ3v) is 1.05. The molecule has 52 valence electrons. The van der Waals surface area contributed by atoms with Crippen LogP contribution in [0.25, 0.3) is 0 Å². The average Bonchev–Trinajstić information content (AvgIpc) is 1.27. The summed E-state index contributed by atoms with van der Waals surface area (Å²) < 4.78 is 37.2. The van der Waals surface area contributed by atoms with E-state index in [1.54, 1.807) is 0 Å². The van der Waals surface area contributed by atoms with Crippen molar-refractivity contribution in [2.24, 2.45) is 0 Å². The molecule has 0 saturated carbocycles. The van der Waals surface area contributed by atoms with Crippen molar-refractivity contribution in [3.8, 4) is 0 Å². The summed E-state index contributed by atoms with van der Waals surface area (Å²) in [5.74, 6) is 0. The van der Waals surface area contributed by atoms with E-state index in [0.29, 0.717) is 0 Å². The normalized spacial score (nSPS) is 16.2. The molecule has 0 rings (SSSR count). The SMILES string of the molecule is N.O=S(O)OS(=O)O. The zero-order chi connectivity index (χ0) is 5.86. The lowest BCUT2D eigenvalue weighted by Crippen LogP contribution is -1.96. The molecule has 0 aromatic rings. The van der Waals surface area contributed by atoms with Gasteiger partial charge in [-0.15, -0.1) is 3.63 Å². The zero-order valence-corrected chi connectivity index (χ0v) is 5.28. The maximum Gasteiger partial charge on any atom is 0.317 e. The van der Waals surface area contributed by atoms with E-state index in [9.17, 15) is 8.42 Å². The molecule has 0 aliphatic carbocycles. The van der Waals surface area contributed by atoms with Crippen LogP contribution in [-0.2, 0) is 26.4 Å². The molecule has 0 amide bonds. The molecule has 0 atom stereocenters. The van der Waals surface area contributed by atoms with Crippen LogP contribution in [0, 0.1) is 0 Å². The summed E-state index contributed by atoms with van der Waals surface area (Å²) >= 11 is -5.29. The fourth-order valence-electron chi connectivity index (χ4n) is 0.0498. The molecule has 0 bridgehead atoms. The van der Waals surface area contributed by atoms with Crippen molar-refractivity contribution in [1.82, 2.24) is 6.15 Å². The van der Waals surface area contributed by atoms with Crippen LogP contribution in [0.1, 0.15) is 0 Å². The van der Waals surface area contributed by atoms with Gasteiger partial charge in [-0.3, -0.25) is 9.11 Å². The van der Waals surface area contributed by atoms with Gasteiger partial charge in [0.1, 0.15) is 0 Å². The molecule has 0 aromatic heterocycles. The molecule has 0 spiro atoms. The number of rotatable bonds is 2. The lowest BCUT2D eigenvalue weighted by atomic mass is 14.0. The van der Waals surface area contributed by atoms with E-state index in [-0.39, 0.29) is 6.15 Å². The van der Waals surface area contributed by atoms with Gasteiger partial charge in [-0.1, -0.05) is 0 Å². The fraction of sp³-hybridized carbons (Fsp3) is 0. The Balaban J connectivity index is 0. The summed E-state index contributed by atoms with van der Waals surface area (Å²) in [7, 11) is 0. The topological polar surface area (TPSA) is 119 Å². The van der Waals surface area contributed by atoms with Crippen molar-refractivity contribution in [1.29, 1.82) is 0 Å². The second kappa shape index (κ2) is 5.28. The number of hydrogen-bond donors (Lipinski definition) is 3. The van der Waals surface area contributed by atoms with Crippen LogP contribution in [-0.4, -0.2) is 17.5 Å². The lowest BCUT2D eigenvalue weighted by Gasteiger charge is -1.82. The summed E-state index contributed by atoms with van der Waals surface area (Å²) in [6.07, 6.45) is 0. The van der Waals surface area contributed by atoms with Gasteiger partial charge in [0, 0.05) is 0 Å². The molecule has 8 heteroatoms. The van der Waals surface area contributed by atoms with Crippen LogP contribution in [0.5, 0.6) is 0 Å². The van der Waals surface area contributed by atoms with Crippen LogP contribution in [0.3, 0.4) is 0 Å². The molecule has 5 N–H and O–H groups in total. The second-order valence-corrected chi connectivity index (χ2v) is 1.92.